The molecule has 1 fully saturated rings. The van der Waals surface area contributed by atoms with Gasteiger partial charge in [-0.15, -0.1) is 0 Å². The topological polar surface area (TPSA) is 110 Å². The third-order valence-electron chi connectivity index (χ3n) is 5.86. The van der Waals surface area contributed by atoms with Gasteiger partial charge >= 0.3 is 12.0 Å². The first-order chi connectivity index (χ1) is 17.2. The van der Waals surface area contributed by atoms with Gasteiger partial charge in [0.15, 0.2) is 0 Å². The average Bonchev–Trinajstić information content (AvgIpc) is 3.27. The highest BCUT2D eigenvalue weighted by molar-refractivity contribution is 6.16. The van der Waals surface area contributed by atoms with Crippen LogP contribution >= 0.6 is 0 Å². The third kappa shape index (κ3) is 4.90. The molecule has 3 aromatic rings. The summed E-state index contributed by atoms with van der Waals surface area (Å²) in [6, 6.07) is 15.5. The van der Waals surface area contributed by atoms with Crippen LogP contribution in [0.1, 0.15) is 32.9 Å². The van der Waals surface area contributed by atoms with E-state index in [0.29, 0.717) is 16.8 Å². The smallest absolute Gasteiger partial charge is 0.337 e. The van der Waals surface area contributed by atoms with E-state index in [9.17, 15) is 19.2 Å². The monoisotopic (exact) mass is 486 g/mol. The zero-order valence-corrected chi connectivity index (χ0v) is 20.4. The number of nitrogens with zero attached hydrogens (tertiary/aromatic N) is 2. The molecule has 9 nitrogen and oxygen atoms in total. The number of carbonyl (C=O) groups is 4. The fourth-order valence-electron chi connectivity index (χ4n) is 4.16. The van der Waals surface area contributed by atoms with Crippen molar-refractivity contribution in [2.24, 2.45) is 0 Å². The lowest BCUT2D eigenvalue weighted by Crippen LogP contribution is -2.38. The first kappa shape index (κ1) is 24.5. The highest BCUT2D eigenvalue weighted by Gasteiger charge is 2.35. The van der Waals surface area contributed by atoms with Crippen molar-refractivity contribution < 1.29 is 23.9 Å². The van der Waals surface area contributed by atoms with Gasteiger partial charge in [0.05, 0.1) is 12.7 Å². The molecule has 0 atom stereocenters. The average molecular weight is 487 g/mol. The van der Waals surface area contributed by atoms with Crippen molar-refractivity contribution in [1.29, 1.82) is 0 Å². The molecule has 0 spiro atoms. The van der Waals surface area contributed by atoms with Crippen LogP contribution in [0.25, 0.3) is 11.8 Å². The maximum absolute atomic E-state index is 12.9. The van der Waals surface area contributed by atoms with Gasteiger partial charge in [0.25, 0.3) is 5.91 Å². The molecule has 0 saturated carbocycles. The van der Waals surface area contributed by atoms with Crippen LogP contribution < -0.4 is 10.6 Å². The summed E-state index contributed by atoms with van der Waals surface area (Å²) in [4.78, 5) is 50.6. The summed E-state index contributed by atoms with van der Waals surface area (Å²) >= 11 is 0. The predicted molar refractivity (Wildman–Crippen MR) is 135 cm³/mol. The Bertz CT molecular complexity index is 1420. The first-order valence-electron chi connectivity index (χ1n) is 11.3. The van der Waals surface area contributed by atoms with Crippen LogP contribution in [0.5, 0.6) is 0 Å². The van der Waals surface area contributed by atoms with E-state index in [-0.39, 0.29) is 5.70 Å². The Hall–Kier alpha value is -4.66. The number of esters is 1. The largest absolute Gasteiger partial charge is 0.465 e. The summed E-state index contributed by atoms with van der Waals surface area (Å²) in [5, 5.41) is 5.26. The number of urea groups is 1. The van der Waals surface area contributed by atoms with Crippen molar-refractivity contribution in [1.82, 2.24) is 14.8 Å². The lowest BCUT2D eigenvalue weighted by atomic mass is 10.2. The molecule has 0 radical (unpaired) electrons. The molecule has 4 amide bonds. The fraction of sp³-hybridized carbons (Fsp3) is 0.185. The molecule has 36 heavy (non-hydrogen) atoms. The number of benzene rings is 2. The number of ether oxygens (including phenoxy) is 1. The highest BCUT2D eigenvalue weighted by Crippen LogP contribution is 2.25. The molecule has 2 N–H and O–H groups in total. The van der Waals surface area contributed by atoms with Crippen LogP contribution in [0.15, 0.2) is 60.3 Å². The summed E-state index contributed by atoms with van der Waals surface area (Å²) in [5.74, 6) is -1.50. The van der Waals surface area contributed by atoms with E-state index < -0.39 is 30.4 Å². The summed E-state index contributed by atoms with van der Waals surface area (Å²) in [6.45, 7) is 5.27. The molecule has 4 rings (SSSR count). The van der Waals surface area contributed by atoms with E-state index in [0.717, 1.165) is 27.5 Å². The number of hydrogen-bond acceptors (Lipinski definition) is 5. The number of aryl methyl sites for hydroxylation is 2. The maximum atomic E-state index is 12.9. The molecule has 2 heterocycles. The minimum Gasteiger partial charge on any atom is -0.465 e. The normalized spacial score (nSPS) is 14.2. The molecule has 0 bridgehead atoms. The number of imide groups is 1. The Morgan fingerprint density at radius 1 is 1.03 bits per heavy atom. The number of methoxy groups -OCH3 is 1. The molecule has 1 aliphatic rings. The van der Waals surface area contributed by atoms with E-state index in [1.807, 2.05) is 49.6 Å². The van der Waals surface area contributed by atoms with Gasteiger partial charge in [0.2, 0.25) is 5.91 Å². The van der Waals surface area contributed by atoms with Crippen LogP contribution in [0.2, 0.25) is 0 Å². The number of nitrogens with one attached hydrogen (secondary N) is 2. The molecule has 2 aromatic carbocycles. The fourth-order valence-corrected chi connectivity index (χ4v) is 4.16. The number of hydrogen-bond donors (Lipinski definition) is 2. The predicted octanol–water partition coefficient (Wildman–Crippen LogP) is 3.72. The lowest BCUT2D eigenvalue weighted by molar-refractivity contribution is -0.127. The van der Waals surface area contributed by atoms with Crippen LogP contribution in [0.4, 0.5) is 10.5 Å². The second-order valence-electron chi connectivity index (χ2n) is 8.50. The Labute approximate surface area is 208 Å². The second-order valence-corrected chi connectivity index (χ2v) is 8.50. The Kier molecular flexibility index (Phi) is 6.73. The highest BCUT2D eigenvalue weighted by atomic mass is 16.5. The maximum Gasteiger partial charge on any atom is 0.337 e. The second kappa shape index (κ2) is 9.91. The Morgan fingerprint density at radius 3 is 2.50 bits per heavy atom. The van der Waals surface area contributed by atoms with Gasteiger partial charge in [-0.1, -0.05) is 18.2 Å². The summed E-state index contributed by atoms with van der Waals surface area (Å²) in [6.07, 6.45) is 1.59. The summed E-state index contributed by atoms with van der Waals surface area (Å²) < 4.78 is 6.75. The number of amides is 4. The molecule has 1 aromatic heterocycles. The SMILES string of the molecule is COC(=O)c1cccc(-n2c(C)cc(/C=C3/NC(=O)N(CC(=O)Nc4cccc(C)c4)C3=O)c2C)c1. The summed E-state index contributed by atoms with van der Waals surface area (Å²) in [7, 11) is 1.33. The van der Waals surface area contributed by atoms with E-state index in [1.165, 1.54) is 7.11 Å². The quantitative estimate of drug-likeness (QED) is 0.314. The molecule has 0 unspecified atom stereocenters. The van der Waals surface area contributed by atoms with Crippen molar-refractivity contribution in [3.63, 3.8) is 0 Å². The standard InChI is InChI=1S/C27H26N4O5/c1-16-7-5-9-21(11-16)28-24(32)15-30-25(33)23(29-27(30)35)14-20-12-17(2)31(18(20)3)22-10-6-8-19(13-22)26(34)36-4/h5-14H,15H2,1-4H3,(H,28,32)(H,29,35)/b23-14+. The van der Waals surface area contributed by atoms with Gasteiger partial charge in [0.1, 0.15) is 12.2 Å². The molecule has 9 heteroatoms. The van der Waals surface area contributed by atoms with Gasteiger partial charge in [0, 0.05) is 22.8 Å². The molecular formula is C27H26N4O5. The van der Waals surface area contributed by atoms with E-state index in [2.05, 4.69) is 10.6 Å². The van der Waals surface area contributed by atoms with Gasteiger partial charge in [-0.2, -0.15) is 0 Å². The van der Waals surface area contributed by atoms with Crippen molar-refractivity contribution in [2.75, 3.05) is 19.0 Å². The molecule has 1 saturated heterocycles. The number of rotatable bonds is 6. The number of carbonyl (C=O) groups excluding carboxylic acids is 4. The van der Waals surface area contributed by atoms with Gasteiger partial charge < -0.3 is 19.9 Å². The van der Waals surface area contributed by atoms with Crippen LogP contribution in [0, 0.1) is 20.8 Å². The minimum atomic E-state index is -0.662. The van der Waals surface area contributed by atoms with Crippen LogP contribution in [-0.2, 0) is 14.3 Å². The van der Waals surface area contributed by atoms with Crippen molar-refractivity contribution in [3.05, 3.63) is 88.4 Å². The molecule has 1 aliphatic heterocycles. The number of aromatic nitrogens is 1. The minimum absolute atomic E-state index is 0.0758. The summed E-state index contributed by atoms with van der Waals surface area (Å²) in [5.41, 5.74) is 5.20. The zero-order valence-electron chi connectivity index (χ0n) is 20.4. The Morgan fingerprint density at radius 2 is 1.78 bits per heavy atom. The van der Waals surface area contributed by atoms with E-state index in [4.69, 9.17) is 4.74 Å². The molecule has 0 aliphatic carbocycles. The van der Waals surface area contributed by atoms with Gasteiger partial charge in [-0.3, -0.25) is 9.59 Å². The van der Waals surface area contributed by atoms with Crippen molar-refractivity contribution >= 4 is 35.6 Å². The zero-order chi connectivity index (χ0) is 26.0. The van der Waals surface area contributed by atoms with Crippen molar-refractivity contribution in [3.8, 4) is 5.69 Å². The Balaban J connectivity index is 1.55. The number of anilines is 1. The van der Waals surface area contributed by atoms with Gasteiger partial charge in [-0.25, -0.2) is 14.5 Å². The molecular weight excluding hydrogens is 460 g/mol. The van der Waals surface area contributed by atoms with E-state index in [1.54, 1.807) is 36.4 Å². The van der Waals surface area contributed by atoms with Crippen LogP contribution in [0.3, 0.4) is 0 Å². The third-order valence-corrected chi connectivity index (χ3v) is 5.86. The first-order valence-corrected chi connectivity index (χ1v) is 11.3. The lowest BCUT2D eigenvalue weighted by Gasteiger charge is -2.12. The van der Waals surface area contributed by atoms with Crippen LogP contribution in [-0.4, -0.2) is 46.9 Å². The van der Waals surface area contributed by atoms with Crippen molar-refractivity contribution in [2.45, 2.75) is 20.8 Å². The van der Waals surface area contributed by atoms with E-state index >= 15 is 0 Å². The van der Waals surface area contributed by atoms with Gasteiger partial charge in [-0.05, 0) is 74.4 Å². The molecule has 184 valence electrons.